The number of anilines is 1. The van der Waals surface area contributed by atoms with Crippen molar-refractivity contribution in [2.45, 2.75) is 6.92 Å². The molecule has 0 aliphatic heterocycles. The minimum Gasteiger partial charge on any atom is -0.507 e. The van der Waals surface area contributed by atoms with Gasteiger partial charge in [0.15, 0.2) is 5.13 Å². The fourth-order valence-corrected chi connectivity index (χ4v) is 2.14. The van der Waals surface area contributed by atoms with E-state index >= 15 is 0 Å². The highest BCUT2D eigenvalue weighted by Gasteiger charge is 2.12. The molecule has 0 atom stereocenters. The van der Waals surface area contributed by atoms with Crippen molar-refractivity contribution in [2.24, 2.45) is 0 Å². The Labute approximate surface area is 107 Å². The van der Waals surface area contributed by atoms with Crippen LogP contribution < -0.4 is 5.32 Å². The Bertz CT molecular complexity index is 568. The average molecular weight is 269 g/mol. The molecule has 0 spiro atoms. The van der Waals surface area contributed by atoms with Crippen molar-refractivity contribution in [2.75, 3.05) is 5.32 Å². The number of aromatic nitrogens is 1. The fraction of sp³-hybridized carbons (Fsp3) is 0.0909. The van der Waals surface area contributed by atoms with Gasteiger partial charge in [-0.3, -0.25) is 10.1 Å². The Morgan fingerprint density at radius 3 is 2.94 bits per heavy atom. The van der Waals surface area contributed by atoms with Crippen molar-refractivity contribution in [3.05, 3.63) is 39.9 Å². The molecule has 4 nitrogen and oxygen atoms in total. The minimum atomic E-state index is -0.405. The van der Waals surface area contributed by atoms with E-state index in [1.165, 1.54) is 17.4 Å². The number of hydrogen-bond donors (Lipinski definition) is 2. The van der Waals surface area contributed by atoms with E-state index in [1.54, 1.807) is 17.5 Å². The van der Waals surface area contributed by atoms with Gasteiger partial charge in [-0.1, -0.05) is 23.2 Å². The Hall–Kier alpha value is -1.59. The summed E-state index contributed by atoms with van der Waals surface area (Å²) >= 11 is 6.87. The number of nitrogens with one attached hydrogen (secondary N) is 1. The molecule has 2 aromatic rings. The van der Waals surface area contributed by atoms with Crippen molar-refractivity contribution in [3.8, 4) is 5.75 Å². The van der Waals surface area contributed by atoms with Crippen LogP contribution in [-0.4, -0.2) is 16.0 Å². The van der Waals surface area contributed by atoms with E-state index < -0.39 is 5.91 Å². The second-order valence-electron chi connectivity index (χ2n) is 3.45. The number of halogens is 1. The Morgan fingerprint density at radius 2 is 2.29 bits per heavy atom. The van der Waals surface area contributed by atoms with Crippen LogP contribution in [0.4, 0.5) is 5.13 Å². The van der Waals surface area contributed by atoms with Crippen LogP contribution in [0.25, 0.3) is 0 Å². The lowest BCUT2D eigenvalue weighted by Gasteiger charge is -2.05. The van der Waals surface area contributed by atoms with Crippen LogP contribution in [-0.2, 0) is 0 Å². The van der Waals surface area contributed by atoms with E-state index in [1.807, 2.05) is 6.92 Å². The van der Waals surface area contributed by atoms with E-state index in [9.17, 15) is 9.90 Å². The third-order valence-electron chi connectivity index (χ3n) is 2.09. The molecule has 0 aliphatic carbocycles. The number of aryl methyl sites for hydroxylation is 1. The topological polar surface area (TPSA) is 62.2 Å². The number of carbonyl (C=O) groups excluding carboxylic acids is 1. The number of rotatable bonds is 2. The van der Waals surface area contributed by atoms with E-state index in [0.717, 1.165) is 5.56 Å². The first-order valence-corrected chi connectivity index (χ1v) is 6.04. The predicted molar refractivity (Wildman–Crippen MR) is 67.9 cm³/mol. The summed E-state index contributed by atoms with van der Waals surface area (Å²) < 4.78 is 0. The number of carbonyl (C=O) groups is 1. The predicted octanol–water partition coefficient (Wildman–Crippen LogP) is 3.06. The molecule has 17 heavy (non-hydrogen) atoms. The molecule has 0 fully saturated rings. The van der Waals surface area contributed by atoms with E-state index in [4.69, 9.17) is 11.6 Å². The Balaban J connectivity index is 2.22. The third kappa shape index (κ3) is 2.75. The maximum Gasteiger partial charge on any atom is 0.261 e. The van der Waals surface area contributed by atoms with Gasteiger partial charge < -0.3 is 5.11 Å². The van der Waals surface area contributed by atoms with Crippen molar-refractivity contribution in [1.82, 2.24) is 4.98 Å². The maximum absolute atomic E-state index is 11.8. The van der Waals surface area contributed by atoms with Crippen LogP contribution in [0, 0.1) is 6.92 Å². The Morgan fingerprint density at radius 1 is 1.53 bits per heavy atom. The molecule has 0 radical (unpaired) electrons. The summed E-state index contributed by atoms with van der Waals surface area (Å²) in [5, 5.41) is 14.5. The molecule has 0 bridgehead atoms. The lowest BCUT2D eigenvalue weighted by molar-refractivity contribution is 0.102. The van der Waals surface area contributed by atoms with Gasteiger partial charge in [-0.05, 0) is 19.1 Å². The van der Waals surface area contributed by atoms with E-state index in [-0.39, 0.29) is 11.3 Å². The van der Waals surface area contributed by atoms with Crippen LogP contribution in [0.1, 0.15) is 15.9 Å². The smallest absolute Gasteiger partial charge is 0.261 e. The second-order valence-corrected chi connectivity index (χ2v) is 4.70. The van der Waals surface area contributed by atoms with Gasteiger partial charge in [0.1, 0.15) is 10.9 Å². The highest BCUT2D eigenvalue weighted by molar-refractivity contribution is 7.14. The fourth-order valence-electron chi connectivity index (χ4n) is 1.31. The number of nitrogens with zero attached hydrogens (tertiary/aromatic N) is 1. The van der Waals surface area contributed by atoms with Crippen molar-refractivity contribution in [3.63, 3.8) is 0 Å². The highest BCUT2D eigenvalue weighted by Crippen LogP contribution is 2.22. The molecule has 0 saturated heterocycles. The lowest BCUT2D eigenvalue weighted by Crippen LogP contribution is -2.12. The molecule has 0 aliphatic rings. The number of thiazole rings is 1. The van der Waals surface area contributed by atoms with Crippen LogP contribution in [0.5, 0.6) is 5.75 Å². The third-order valence-corrected chi connectivity index (χ3v) is 3.17. The van der Waals surface area contributed by atoms with E-state index in [0.29, 0.717) is 10.3 Å². The SMILES string of the molecule is Cc1ccc(O)c(C(=O)Nc2nc(Cl)cs2)c1. The summed E-state index contributed by atoms with van der Waals surface area (Å²) in [6.07, 6.45) is 0. The number of hydrogen-bond acceptors (Lipinski definition) is 4. The monoisotopic (exact) mass is 268 g/mol. The van der Waals surface area contributed by atoms with Crippen molar-refractivity contribution < 1.29 is 9.90 Å². The van der Waals surface area contributed by atoms with Gasteiger partial charge in [0.25, 0.3) is 5.91 Å². The average Bonchev–Trinajstić information content (AvgIpc) is 2.67. The summed E-state index contributed by atoms with van der Waals surface area (Å²) in [6.45, 7) is 1.84. The number of amides is 1. The lowest BCUT2D eigenvalue weighted by atomic mass is 10.1. The number of aromatic hydroxyl groups is 1. The Kier molecular flexibility index (Phi) is 3.31. The molecule has 2 N–H and O–H groups in total. The molecule has 1 aromatic heterocycles. The summed E-state index contributed by atoms with van der Waals surface area (Å²) in [4.78, 5) is 15.7. The van der Waals surface area contributed by atoms with Gasteiger partial charge in [-0.2, -0.15) is 0 Å². The number of benzene rings is 1. The van der Waals surface area contributed by atoms with Gasteiger partial charge in [0.05, 0.1) is 5.56 Å². The van der Waals surface area contributed by atoms with Gasteiger partial charge in [0, 0.05) is 5.38 Å². The molecule has 2 rings (SSSR count). The first-order chi connectivity index (χ1) is 8.06. The molecular weight excluding hydrogens is 260 g/mol. The highest BCUT2D eigenvalue weighted by atomic mass is 35.5. The van der Waals surface area contributed by atoms with Crippen LogP contribution in [0.15, 0.2) is 23.6 Å². The van der Waals surface area contributed by atoms with Gasteiger partial charge >= 0.3 is 0 Å². The van der Waals surface area contributed by atoms with Crippen LogP contribution in [0.3, 0.4) is 0 Å². The summed E-state index contributed by atoms with van der Waals surface area (Å²) in [6, 6.07) is 4.82. The molecule has 6 heteroatoms. The van der Waals surface area contributed by atoms with Crippen LogP contribution in [0.2, 0.25) is 5.15 Å². The van der Waals surface area contributed by atoms with Crippen LogP contribution >= 0.6 is 22.9 Å². The molecule has 88 valence electrons. The first-order valence-electron chi connectivity index (χ1n) is 4.78. The number of phenols is 1. The summed E-state index contributed by atoms with van der Waals surface area (Å²) in [7, 11) is 0. The van der Waals surface area contributed by atoms with E-state index in [2.05, 4.69) is 10.3 Å². The molecule has 0 unspecified atom stereocenters. The largest absolute Gasteiger partial charge is 0.507 e. The van der Waals surface area contributed by atoms with Gasteiger partial charge in [-0.25, -0.2) is 4.98 Å². The van der Waals surface area contributed by atoms with Gasteiger partial charge in [0.2, 0.25) is 0 Å². The minimum absolute atomic E-state index is 0.0595. The molecular formula is C11H9ClN2O2S. The zero-order chi connectivity index (χ0) is 12.4. The van der Waals surface area contributed by atoms with Gasteiger partial charge in [-0.15, -0.1) is 11.3 Å². The molecule has 1 heterocycles. The van der Waals surface area contributed by atoms with Crippen molar-refractivity contribution >= 4 is 34.0 Å². The quantitative estimate of drug-likeness (QED) is 0.880. The molecule has 1 amide bonds. The summed E-state index contributed by atoms with van der Waals surface area (Å²) in [5.74, 6) is -0.465. The first kappa shape index (κ1) is 11.9. The standard InChI is InChI=1S/C11H9ClN2O2S/c1-6-2-3-8(15)7(4-6)10(16)14-11-13-9(12)5-17-11/h2-5,15H,1H3,(H,13,14,16). The zero-order valence-electron chi connectivity index (χ0n) is 8.90. The summed E-state index contributed by atoms with van der Waals surface area (Å²) in [5.41, 5.74) is 1.11. The zero-order valence-corrected chi connectivity index (χ0v) is 10.5. The molecule has 0 saturated carbocycles. The van der Waals surface area contributed by atoms with Crippen molar-refractivity contribution in [1.29, 1.82) is 0 Å². The molecule has 1 aromatic carbocycles. The second kappa shape index (κ2) is 4.73. The normalized spacial score (nSPS) is 10.2. The number of phenolic OH excluding ortho intramolecular Hbond substituents is 1. The maximum atomic E-state index is 11.8.